The van der Waals surface area contributed by atoms with Gasteiger partial charge in [0.2, 0.25) is 0 Å². The van der Waals surface area contributed by atoms with Gasteiger partial charge < -0.3 is 15.0 Å². The molecule has 1 aromatic rings. The lowest BCUT2D eigenvalue weighted by molar-refractivity contribution is -0.274. The van der Waals surface area contributed by atoms with E-state index in [0.717, 1.165) is 38.3 Å². The van der Waals surface area contributed by atoms with Crippen LogP contribution in [0.5, 0.6) is 5.75 Å². The summed E-state index contributed by atoms with van der Waals surface area (Å²) in [6.45, 7) is 4.88. The van der Waals surface area contributed by atoms with Crippen LogP contribution in [-0.4, -0.2) is 44.0 Å². The van der Waals surface area contributed by atoms with Crippen LogP contribution in [0.3, 0.4) is 0 Å². The molecule has 2 fully saturated rings. The average molecular weight is 328 g/mol. The smallest absolute Gasteiger partial charge is 0.406 e. The molecular weight excluding hydrogens is 305 g/mol. The van der Waals surface area contributed by atoms with Gasteiger partial charge in [0.15, 0.2) is 0 Å². The zero-order valence-electron chi connectivity index (χ0n) is 13.1. The maximum atomic E-state index is 12.4. The Morgan fingerprint density at radius 2 is 1.96 bits per heavy atom. The zero-order valence-corrected chi connectivity index (χ0v) is 13.1. The van der Waals surface area contributed by atoms with Crippen molar-refractivity contribution in [3.8, 4) is 5.75 Å². The molecule has 1 heterocycles. The van der Waals surface area contributed by atoms with Gasteiger partial charge in [-0.15, -0.1) is 13.2 Å². The molecule has 1 aliphatic heterocycles. The molecule has 3 rings (SSSR count). The lowest BCUT2D eigenvalue weighted by atomic mass is 9.72. The molecule has 1 N–H and O–H groups in total. The summed E-state index contributed by atoms with van der Waals surface area (Å²) in [5.41, 5.74) is 0.968. The topological polar surface area (TPSA) is 24.5 Å². The normalized spacial score (nSPS) is 21.7. The van der Waals surface area contributed by atoms with E-state index in [1.54, 1.807) is 12.1 Å². The zero-order chi connectivity index (χ0) is 16.3. The number of halogens is 3. The molecule has 2 aliphatic rings. The van der Waals surface area contributed by atoms with Crippen LogP contribution in [0.15, 0.2) is 24.3 Å². The van der Waals surface area contributed by atoms with Crippen LogP contribution < -0.4 is 10.1 Å². The quantitative estimate of drug-likeness (QED) is 0.897. The van der Waals surface area contributed by atoms with Gasteiger partial charge in [-0.25, -0.2) is 0 Å². The lowest BCUT2D eigenvalue weighted by Crippen LogP contribution is -2.46. The molecule has 23 heavy (non-hydrogen) atoms. The van der Waals surface area contributed by atoms with Gasteiger partial charge in [0.25, 0.3) is 0 Å². The number of rotatable bonds is 5. The number of nitrogens with one attached hydrogen (secondary N) is 1. The van der Waals surface area contributed by atoms with E-state index in [0.29, 0.717) is 11.8 Å². The molecule has 1 aliphatic carbocycles. The van der Waals surface area contributed by atoms with Crippen molar-refractivity contribution in [1.82, 2.24) is 10.2 Å². The van der Waals surface area contributed by atoms with Crippen molar-refractivity contribution >= 4 is 0 Å². The SMILES string of the molecule is FC(F)(F)Oc1cccc(C(CN2CCNCC2)C2CCC2)c1. The van der Waals surface area contributed by atoms with E-state index in [9.17, 15) is 13.2 Å². The summed E-state index contributed by atoms with van der Waals surface area (Å²) in [5.74, 6) is 0.754. The Morgan fingerprint density at radius 1 is 1.22 bits per heavy atom. The fourth-order valence-corrected chi connectivity index (χ4v) is 3.48. The highest BCUT2D eigenvalue weighted by molar-refractivity contribution is 5.32. The molecule has 0 amide bonds. The van der Waals surface area contributed by atoms with Crippen molar-refractivity contribution in [3.63, 3.8) is 0 Å². The van der Waals surface area contributed by atoms with Crippen molar-refractivity contribution in [1.29, 1.82) is 0 Å². The summed E-state index contributed by atoms with van der Waals surface area (Å²) in [6.07, 6.45) is -1.08. The first-order chi connectivity index (χ1) is 11.0. The summed E-state index contributed by atoms with van der Waals surface area (Å²) < 4.78 is 41.4. The summed E-state index contributed by atoms with van der Waals surface area (Å²) in [5, 5.41) is 3.33. The highest BCUT2D eigenvalue weighted by Crippen LogP contribution is 2.40. The number of benzene rings is 1. The number of hydrogen-bond donors (Lipinski definition) is 1. The number of ether oxygens (including phenoxy) is 1. The molecule has 0 aromatic heterocycles. The van der Waals surface area contributed by atoms with Crippen molar-refractivity contribution in [3.05, 3.63) is 29.8 Å². The second-order valence-corrected chi connectivity index (χ2v) is 6.47. The molecule has 0 radical (unpaired) electrons. The lowest BCUT2D eigenvalue weighted by Gasteiger charge is -2.38. The van der Waals surface area contributed by atoms with E-state index in [4.69, 9.17) is 0 Å². The van der Waals surface area contributed by atoms with Crippen LogP contribution in [0.1, 0.15) is 30.7 Å². The molecule has 1 atom stereocenters. The Kier molecular flexibility index (Phi) is 5.11. The summed E-state index contributed by atoms with van der Waals surface area (Å²) in [6, 6.07) is 6.55. The van der Waals surface area contributed by atoms with Gasteiger partial charge in [0.1, 0.15) is 5.75 Å². The Bertz CT molecular complexity index is 511. The fourth-order valence-electron chi connectivity index (χ4n) is 3.48. The standard InChI is InChI=1S/C17H23F3N2O/c18-17(19,20)23-15-6-2-5-14(11-15)16(13-3-1-4-13)12-22-9-7-21-8-10-22/h2,5-6,11,13,16,21H,1,3-4,7-10,12H2. The monoisotopic (exact) mass is 328 g/mol. The van der Waals surface area contributed by atoms with E-state index in [-0.39, 0.29) is 5.75 Å². The summed E-state index contributed by atoms with van der Waals surface area (Å²) >= 11 is 0. The van der Waals surface area contributed by atoms with Crippen molar-refractivity contribution in [2.45, 2.75) is 31.5 Å². The van der Waals surface area contributed by atoms with Crippen LogP contribution in [-0.2, 0) is 0 Å². The van der Waals surface area contributed by atoms with Gasteiger partial charge in [-0.3, -0.25) is 0 Å². The Labute approximate surface area is 134 Å². The molecular formula is C17H23F3N2O. The molecule has 1 aromatic carbocycles. The molecule has 128 valence electrons. The van der Waals surface area contributed by atoms with Crippen LogP contribution in [0.25, 0.3) is 0 Å². The molecule has 1 saturated carbocycles. The minimum atomic E-state index is -4.64. The van der Waals surface area contributed by atoms with E-state index >= 15 is 0 Å². The molecule has 3 nitrogen and oxygen atoms in total. The van der Waals surface area contributed by atoms with Gasteiger partial charge in [-0.2, -0.15) is 0 Å². The maximum Gasteiger partial charge on any atom is 0.573 e. The van der Waals surface area contributed by atoms with Crippen LogP contribution >= 0.6 is 0 Å². The first-order valence-electron chi connectivity index (χ1n) is 8.30. The predicted octanol–water partition coefficient (Wildman–Crippen LogP) is 3.37. The third kappa shape index (κ3) is 4.61. The van der Waals surface area contributed by atoms with Crippen LogP contribution in [0, 0.1) is 5.92 Å². The Balaban J connectivity index is 1.74. The minimum Gasteiger partial charge on any atom is -0.406 e. The number of nitrogens with zero attached hydrogens (tertiary/aromatic N) is 1. The summed E-state index contributed by atoms with van der Waals surface area (Å²) in [7, 11) is 0. The van der Waals surface area contributed by atoms with Crippen molar-refractivity contribution in [2.75, 3.05) is 32.7 Å². The number of hydrogen-bond acceptors (Lipinski definition) is 3. The van der Waals surface area contributed by atoms with Gasteiger partial charge in [-0.05, 0) is 42.4 Å². The molecule has 6 heteroatoms. The third-order valence-corrected chi connectivity index (χ3v) is 4.90. The molecule has 0 spiro atoms. The average Bonchev–Trinajstić information content (AvgIpc) is 2.44. The van der Waals surface area contributed by atoms with Crippen LogP contribution in [0.2, 0.25) is 0 Å². The second kappa shape index (κ2) is 7.09. The van der Waals surface area contributed by atoms with E-state index < -0.39 is 6.36 Å². The highest BCUT2D eigenvalue weighted by atomic mass is 19.4. The van der Waals surface area contributed by atoms with Crippen LogP contribution in [0.4, 0.5) is 13.2 Å². The van der Waals surface area contributed by atoms with E-state index in [2.05, 4.69) is 15.0 Å². The predicted molar refractivity (Wildman–Crippen MR) is 82.5 cm³/mol. The highest BCUT2D eigenvalue weighted by Gasteiger charge is 2.33. The second-order valence-electron chi connectivity index (χ2n) is 6.47. The van der Waals surface area contributed by atoms with E-state index in [1.165, 1.54) is 25.3 Å². The van der Waals surface area contributed by atoms with Crippen molar-refractivity contribution < 1.29 is 17.9 Å². The fraction of sp³-hybridized carbons (Fsp3) is 0.647. The van der Waals surface area contributed by atoms with Gasteiger partial charge in [-0.1, -0.05) is 18.6 Å². The third-order valence-electron chi connectivity index (χ3n) is 4.90. The Hall–Kier alpha value is -1.27. The largest absolute Gasteiger partial charge is 0.573 e. The minimum absolute atomic E-state index is 0.111. The molecule has 1 unspecified atom stereocenters. The van der Waals surface area contributed by atoms with Gasteiger partial charge >= 0.3 is 6.36 Å². The molecule has 1 saturated heterocycles. The number of alkyl halides is 3. The maximum absolute atomic E-state index is 12.4. The van der Waals surface area contributed by atoms with Crippen molar-refractivity contribution in [2.24, 2.45) is 5.92 Å². The summed E-state index contributed by atoms with van der Waals surface area (Å²) in [4.78, 5) is 2.41. The Morgan fingerprint density at radius 3 is 2.57 bits per heavy atom. The van der Waals surface area contributed by atoms with Gasteiger partial charge in [0.05, 0.1) is 0 Å². The van der Waals surface area contributed by atoms with Gasteiger partial charge in [0, 0.05) is 32.7 Å². The van der Waals surface area contributed by atoms with E-state index in [1.807, 2.05) is 6.07 Å². The first-order valence-corrected chi connectivity index (χ1v) is 8.30. The number of piperazine rings is 1. The first kappa shape index (κ1) is 16.6. The molecule has 0 bridgehead atoms.